The summed E-state index contributed by atoms with van der Waals surface area (Å²) in [4.78, 5) is 2.57. The molecule has 2 heterocycles. The minimum Gasteiger partial charge on any atom is -0.504 e. The number of benzene rings is 2. The fourth-order valence-corrected chi connectivity index (χ4v) is 8.56. The average molecular weight is 498 g/mol. The molecule has 7 nitrogen and oxygen atoms in total. The number of piperidine rings is 1. The Kier molecular flexibility index (Phi) is 4.56. The van der Waals surface area contributed by atoms with Crippen molar-refractivity contribution in [3.05, 3.63) is 53.1 Å². The highest BCUT2D eigenvalue weighted by Crippen LogP contribution is 2.66. The molecule has 3 fully saturated rings. The number of phenolic OH excluding ortho intramolecular Hbond substituents is 1. The molecule has 2 saturated carbocycles. The minimum atomic E-state index is -4.03. The number of ether oxygens (including phenoxy) is 1. The zero-order valence-electron chi connectivity index (χ0n) is 19.8. The van der Waals surface area contributed by atoms with Crippen molar-refractivity contribution >= 4 is 10.1 Å². The monoisotopic (exact) mass is 497 g/mol. The lowest BCUT2D eigenvalue weighted by Gasteiger charge is -2.64. The number of rotatable bonds is 5. The van der Waals surface area contributed by atoms with Crippen LogP contribution < -0.4 is 4.74 Å². The second kappa shape index (κ2) is 7.22. The number of phenols is 1. The standard InChI is InChI=1S/C27H31NO6S/c1-16-2-7-19(8-3-16)35(31,32)34-21-10-11-27(30)22-14-18-6-9-20(29)24-23(18)26(27,25(21)33-24)12-13-28(22)15-17-4-5-17/h2-3,6-9,17,21-22,25,29-30H,4-5,10-15H2,1H3/t21-,22-,25+,26+,27-/m1/s1. The number of hydrogen-bond acceptors (Lipinski definition) is 7. The Morgan fingerprint density at radius 3 is 2.63 bits per heavy atom. The zero-order valence-corrected chi connectivity index (χ0v) is 20.6. The van der Waals surface area contributed by atoms with Gasteiger partial charge in [-0.05, 0) is 81.7 Å². The first-order valence-electron chi connectivity index (χ1n) is 12.7. The van der Waals surface area contributed by atoms with Crippen LogP contribution in [-0.4, -0.2) is 60.5 Å². The van der Waals surface area contributed by atoms with E-state index >= 15 is 0 Å². The maximum Gasteiger partial charge on any atom is 0.297 e. The van der Waals surface area contributed by atoms with Gasteiger partial charge in [0.1, 0.15) is 12.2 Å². The van der Waals surface area contributed by atoms with Crippen molar-refractivity contribution in [2.24, 2.45) is 5.92 Å². The highest BCUT2D eigenvalue weighted by Gasteiger charge is 2.73. The van der Waals surface area contributed by atoms with Gasteiger partial charge in [-0.1, -0.05) is 23.8 Å². The summed E-state index contributed by atoms with van der Waals surface area (Å²) in [6.45, 7) is 3.72. The topological polar surface area (TPSA) is 96.3 Å². The normalized spacial score (nSPS) is 35.4. The van der Waals surface area contributed by atoms with Crippen LogP contribution in [0.25, 0.3) is 0 Å². The molecule has 0 radical (unpaired) electrons. The molecule has 2 aromatic carbocycles. The van der Waals surface area contributed by atoms with Gasteiger partial charge in [0, 0.05) is 18.2 Å². The lowest BCUT2D eigenvalue weighted by molar-refractivity contribution is -0.204. The summed E-state index contributed by atoms with van der Waals surface area (Å²) in [5.74, 6) is 1.14. The number of aliphatic hydroxyl groups is 1. The van der Waals surface area contributed by atoms with Crippen molar-refractivity contribution in [1.82, 2.24) is 4.90 Å². The lowest BCUT2D eigenvalue weighted by Crippen LogP contribution is -2.77. The van der Waals surface area contributed by atoms with E-state index in [1.54, 1.807) is 30.3 Å². The maximum absolute atomic E-state index is 13.2. The van der Waals surface area contributed by atoms with Gasteiger partial charge in [0.2, 0.25) is 0 Å². The summed E-state index contributed by atoms with van der Waals surface area (Å²) < 4.78 is 38.7. The van der Waals surface area contributed by atoms with Gasteiger partial charge >= 0.3 is 0 Å². The van der Waals surface area contributed by atoms with E-state index in [2.05, 4.69) is 4.90 Å². The highest BCUT2D eigenvalue weighted by molar-refractivity contribution is 7.86. The summed E-state index contributed by atoms with van der Waals surface area (Å²) >= 11 is 0. The van der Waals surface area contributed by atoms with Gasteiger partial charge < -0.3 is 14.9 Å². The van der Waals surface area contributed by atoms with E-state index in [1.165, 1.54) is 12.8 Å². The maximum atomic E-state index is 13.2. The van der Waals surface area contributed by atoms with Crippen LogP contribution in [0.5, 0.6) is 11.5 Å². The predicted octanol–water partition coefficient (Wildman–Crippen LogP) is 3.04. The molecule has 186 valence electrons. The quantitative estimate of drug-likeness (QED) is 0.613. The third kappa shape index (κ3) is 2.97. The van der Waals surface area contributed by atoms with E-state index < -0.39 is 33.3 Å². The molecule has 2 bridgehead atoms. The van der Waals surface area contributed by atoms with Crippen LogP contribution in [0.2, 0.25) is 0 Å². The minimum absolute atomic E-state index is 0.0360. The van der Waals surface area contributed by atoms with E-state index in [4.69, 9.17) is 8.92 Å². The molecule has 2 aromatic rings. The summed E-state index contributed by atoms with van der Waals surface area (Å²) in [5, 5.41) is 23.2. The van der Waals surface area contributed by atoms with Crippen molar-refractivity contribution in [3.8, 4) is 11.5 Å². The molecule has 35 heavy (non-hydrogen) atoms. The van der Waals surface area contributed by atoms with Crippen molar-refractivity contribution < 1.29 is 27.6 Å². The van der Waals surface area contributed by atoms with Gasteiger partial charge in [-0.2, -0.15) is 8.42 Å². The Labute approximate surface area is 205 Å². The lowest BCUT2D eigenvalue weighted by atomic mass is 9.48. The zero-order chi connectivity index (χ0) is 24.2. The molecule has 0 aromatic heterocycles. The molecule has 0 unspecified atom stereocenters. The van der Waals surface area contributed by atoms with Crippen molar-refractivity contribution in [1.29, 1.82) is 0 Å². The largest absolute Gasteiger partial charge is 0.504 e. The van der Waals surface area contributed by atoms with Crippen LogP contribution >= 0.6 is 0 Å². The van der Waals surface area contributed by atoms with Crippen molar-refractivity contribution in [3.63, 3.8) is 0 Å². The van der Waals surface area contributed by atoms with Crippen LogP contribution in [0.3, 0.4) is 0 Å². The molecule has 2 aliphatic heterocycles. The van der Waals surface area contributed by atoms with Gasteiger partial charge in [-0.25, -0.2) is 0 Å². The average Bonchev–Trinajstić information content (AvgIpc) is 3.56. The summed E-state index contributed by atoms with van der Waals surface area (Å²) in [6, 6.07) is 10.2. The van der Waals surface area contributed by atoms with Gasteiger partial charge in [-0.15, -0.1) is 0 Å². The van der Waals surface area contributed by atoms with Gasteiger partial charge in [0.05, 0.1) is 15.9 Å². The molecule has 1 spiro atoms. The molecular formula is C27H31NO6S. The van der Waals surface area contributed by atoms with Crippen molar-refractivity contribution in [2.45, 2.75) is 79.6 Å². The Bertz CT molecular complexity index is 1310. The Morgan fingerprint density at radius 1 is 1.11 bits per heavy atom. The molecule has 5 atom stereocenters. The molecule has 5 aliphatic rings. The van der Waals surface area contributed by atoms with E-state index in [0.717, 1.165) is 29.8 Å². The molecule has 0 amide bonds. The Balaban J connectivity index is 1.31. The predicted molar refractivity (Wildman–Crippen MR) is 128 cm³/mol. The summed E-state index contributed by atoms with van der Waals surface area (Å²) in [7, 11) is -4.03. The fourth-order valence-electron chi connectivity index (χ4n) is 7.46. The van der Waals surface area contributed by atoms with Crippen LogP contribution in [-0.2, 0) is 26.1 Å². The number of hydrogen-bond donors (Lipinski definition) is 2. The third-order valence-corrected chi connectivity index (χ3v) is 10.6. The number of nitrogens with zero attached hydrogens (tertiary/aromatic N) is 1. The van der Waals surface area contributed by atoms with E-state index in [9.17, 15) is 18.6 Å². The number of likely N-dealkylation sites (tertiary alicyclic amines) is 1. The van der Waals surface area contributed by atoms with Crippen molar-refractivity contribution in [2.75, 3.05) is 13.1 Å². The second-order valence-electron chi connectivity index (χ2n) is 11.2. The van der Waals surface area contributed by atoms with Crippen LogP contribution in [0.15, 0.2) is 41.3 Å². The van der Waals surface area contributed by atoms with E-state index in [-0.39, 0.29) is 16.7 Å². The SMILES string of the molecule is Cc1ccc(S(=O)(=O)O[C@@H]2CC[C@@]3(O)[C@H]4Cc5ccc(O)c6c5[C@@]3(CCN4CC3CC3)[C@H]2O6)cc1. The molecular weight excluding hydrogens is 466 g/mol. The smallest absolute Gasteiger partial charge is 0.297 e. The molecule has 3 aliphatic carbocycles. The second-order valence-corrected chi connectivity index (χ2v) is 12.8. The number of aryl methyl sites for hydroxylation is 1. The molecule has 1 saturated heterocycles. The third-order valence-electron chi connectivity index (χ3n) is 9.27. The van der Waals surface area contributed by atoms with Gasteiger partial charge in [0.25, 0.3) is 10.1 Å². The Hall–Kier alpha value is -2.13. The summed E-state index contributed by atoms with van der Waals surface area (Å²) in [5.41, 5.74) is 1.05. The highest BCUT2D eigenvalue weighted by atomic mass is 32.2. The van der Waals surface area contributed by atoms with Gasteiger partial charge in [0.15, 0.2) is 11.5 Å². The first kappa shape index (κ1) is 22.1. The molecule has 7 rings (SSSR count). The molecule has 8 heteroatoms. The Morgan fingerprint density at radius 2 is 1.89 bits per heavy atom. The van der Waals surface area contributed by atoms with Crippen LogP contribution in [0.4, 0.5) is 0 Å². The summed E-state index contributed by atoms with van der Waals surface area (Å²) in [6.07, 6.45) is 3.21. The number of aromatic hydroxyl groups is 1. The van der Waals surface area contributed by atoms with Gasteiger partial charge in [-0.3, -0.25) is 9.08 Å². The fraction of sp³-hybridized carbons (Fsp3) is 0.556. The van der Waals surface area contributed by atoms with Crippen LogP contribution in [0, 0.1) is 12.8 Å². The van der Waals surface area contributed by atoms with Crippen LogP contribution in [0.1, 0.15) is 48.8 Å². The van der Waals surface area contributed by atoms with E-state index in [0.29, 0.717) is 37.4 Å². The molecule has 2 N–H and O–H groups in total. The first-order chi connectivity index (χ1) is 16.7. The van der Waals surface area contributed by atoms with E-state index in [1.807, 2.05) is 13.0 Å². The first-order valence-corrected chi connectivity index (χ1v) is 14.1.